The smallest absolute Gasteiger partial charge is 0.489 e. The van der Waals surface area contributed by atoms with Crippen molar-refractivity contribution in [2.24, 2.45) is 0 Å². The van der Waals surface area contributed by atoms with Crippen LogP contribution in [0.3, 0.4) is 0 Å². The standard InChI is InChI=1S/C24H30BNO4/c1-23(2)24(3,4)30-25(29-23)19-10-13-21(28-16-17-8-6-5-7-9-17)18(14-19)15-22(27)26-20-11-12-20/h5-10,13-14,20H,11-12,15-16H2,1-4H3,(H,26,27). The number of ether oxygens (including phenoxy) is 1. The molecule has 1 heterocycles. The van der Waals surface area contributed by atoms with Crippen LogP contribution in [0.1, 0.15) is 51.7 Å². The van der Waals surface area contributed by atoms with Gasteiger partial charge in [0.15, 0.2) is 0 Å². The van der Waals surface area contributed by atoms with Gasteiger partial charge in [-0.25, -0.2) is 0 Å². The molecule has 158 valence electrons. The van der Waals surface area contributed by atoms with Crippen LogP contribution in [0.2, 0.25) is 0 Å². The molecule has 1 amide bonds. The van der Waals surface area contributed by atoms with E-state index < -0.39 is 18.3 Å². The Morgan fingerprint density at radius 3 is 2.37 bits per heavy atom. The first-order valence-corrected chi connectivity index (χ1v) is 10.7. The van der Waals surface area contributed by atoms with E-state index in [-0.39, 0.29) is 12.3 Å². The van der Waals surface area contributed by atoms with Crippen LogP contribution in [0.4, 0.5) is 0 Å². The van der Waals surface area contributed by atoms with Crippen molar-refractivity contribution in [2.75, 3.05) is 0 Å². The second-order valence-corrected chi connectivity index (χ2v) is 9.25. The molecule has 2 fully saturated rings. The van der Waals surface area contributed by atoms with Crippen LogP contribution >= 0.6 is 0 Å². The molecule has 1 saturated carbocycles. The van der Waals surface area contributed by atoms with E-state index in [0.29, 0.717) is 18.4 Å². The van der Waals surface area contributed by atoms with Crippen LogP contribution < -0.4 is 15.5 Å². The Bertz CT molecular complexity index is 893. The molecule has 1 aliphatic carbocycles. The van der Waals surface area contributed by atoms with Crippen molar-refractivity contribution in [2.45, 2.75) is 70.8 Å². The summed E-state index contributed by atoms with van der Waals surface area (Å²) in [7, 11) is -0.469. The maximum absolute atomic E-state index is 12.5. The maximum Gasteiger partial charge on any atom is 0.494 e. The first-order chi connectivity index (χ1) is 14.2. The van der Waals surface area contributed by atoms with E-state index in [4.69, 9.17) is 14.0 Å². The van der Waals surface area contributed by atoms with Crippen molar-refractivity contribution < 1.29 is 18.8 Å². The number of carbonyl (C=O) groups is 1. The lowest BCUT2D eigenvalue weighted by Crippen LogP contribution is -2.41. The number of nitrogens with one attached hydrogen (secondary N) is 1. The summed E-state index contributed by atoms with van der Waals surface area (Å²) in [6.45, 7) is 8.60. The highest BCUT2D eigenvalue weighted by Gasteiger charge is 2.51. The number of carbonyl (C=O) groups excluding carboxylic acids is 1. The van der Waals surface area contributed by atoms with E-state index in [0.717, 1.165) is 29.4 Å². The molecule has 1 aliphatic heterocycles. The molecule has 0 atom stereocenters. The molecule has 0 bridgehead atoms. The number of hydrogen-bond donors (Lipinski definition) is 1. The molecular weight excluding hydrogens is 377 g/mol. The zero-order valence-electron chi connectivity index (χ0n) is 18.2. The van der Waals surface area contributed by atoms with Crippen LogP contribution in [-0.4, -0.2) is 30.3 Å². The average molecular weight is 407 g/mol. The Balaban J connectivity index is 1.55. The minimum absolute atomic E-state index is 0.0214. The zero-order valence-corrected chi connectivity index (χ0v) is 18.2. The SMILES string of the molecule is CC1(C)OB(c2ccc(OCc3ccccc3)c(CC(=O)NC3CC3)c2)OC1(C)C. The van der Waals surface area contributed by atoms with Gasteiger partial charge in [-0.15, -0.1) is 0 Å². The monoisotopic (exact) mass is 407 g/mol. The highest BCUT2D eigenvalue weighted by molar-refractivity contribution is 6.62. The fraction of sp³-hybridized carbons (Fsp3) is 0.458. The van der Waals surface area contributed by atoms with Gasteiger partial charge in [0.1, 0.15) is 12.4 Å². The van der Waals surface area contributed by atoms with Gasteiger partial charge in [0.2, 0.25) is 5.91 Å². The van der Waals surface area contributed by atoms with E-state index >= 15 is 0 Å². The fourth-order valence-corrected chi connectivity index (χ4v) is 3.42. The molecule has 1 N–H and O–H groups in total. The van der Waals surface area contributed by atoms with Crippen LogP contribution in [0.25, 0.3) is 0 Å². The van der Waals surface area contributed by atoms with Gasteiger partial charge in [-0.1, -0.05) is 42.5 Å². The predicted octanol–water partition coefficient (Wildman–Crippen LogP) is 3.39. The fourth-order valence-electron chi connectivity index (χ4n) is 3.42. The number of rotatable bonds is 7. The Labute approximate surface area is 179 Å². The Morgan fingerprint density at radius 1 is 1.07 bits per heavy atom. The second-order valence-electron chi connectivity index (χ2n) is 9.25. The van der Waals surface area contributed by atoms with Crippen molar-refractivity contribution in [3.05, 3.63) is 59.7 Å². The Hall–Kier alpha value is -2.31. The van der Waals surface area contributed by atoms with Crippen LogP contribution in [0, 0.1) is 0 Å². The van der Waals surface area contributed by atoms with Gasteiger partial charge < -0.3 is 19.4 Å². The van der Waals surface area contributed by atoms with E-state index in [1.807, 2.05) is 76.2 Å². The summed E-state index contributed by atoms with van der Waals surface area (Å²) in [5.74, 6) is 0.734. The molecule has 2 aromatic carbocycles. The summed E-state index contributed by atoms with van der Waals surface area (Å²) in [5, 5.41) is 3.06. The highest BCUT2D eigenvalue weighted by Crippen LogP contribution is 2.36. The number of benzene rings is 2. The van der Waals surface area contributed by atoms with Gasteiger partial charge >= 0.3 is 7.12 Å². The lowest BCUT2D eigenvalue weighted by molar-refractivity contribution is -0.120. The Morgan fingerprint density at radius 2 is 1.73 bits per heavy atom. The molecule has 2 aliphatic rings. The molecule has 6 heteroatoms. The Kier molecular flexibility index (Phi) is 5.64. The van der Waals surface area contributed by atoms with Gasteiger partial charge in [-0.05, 0) is 57.6 Å². The van der Waals surface area contributed by atoms with Crippen molar-refractivity contribution in [1.82, 2.24) is 5.32 Å². The van der Waals surface area contributed by atoms with Gasteiger partial charge in [-0.2, -0.15) is 0 Å². The normalized spacial score (nSPS) is 19.5. The van der Waals surface area contributed by atoms with E-state index in [2.05, 4.69) is 5.32 Å². The van der Waals surface area contributed by atoms with Crippen molar-refractivity contribution >= 4 is 18.5 Å². The first kappa shape index (κ1) is 20.9. The molecule has 0 radical (unpaired) electrons. The van der Waals surface area contributed by atoms with E-state index in [1.54, 1.807) is 0 Å². The van der Waals surface area contributed by atoms with Crippen molar-refractivity contribution in [1.29, 1.82) is 0 Å². The summed E-state index contributed by atoms with van der Waals surface area (Å²) in [5.41, 5.74) is 2.00. The molecule has 5 nitrogen and oxygen atoms in total. The third-order valence-electron chi connectivity index (χ3n) is 6.14. The minimum Gasteiger partial charge on any atom is -0.489 e. The van der Waals surface area contributed by atoms with Crippen molar-refractivity contribution in [3.8, 4) is 5.75 Å². The largest absolute Gasteiger partial charge is 0.494 e. The zero-order chi connectivity index (χ0) is 21.4. The van der Waals surface area contributed by atoms with E-state index in [9.17, 15) is 4.79 Å². The summed E-state index contributed by atoms with van der Waals surface area (Å²) in [6.07, 6.45) is 2.40. The lowest BCUT2D eigenvalue weighted by atomic mass is 9.78. The number of amides is 1. The van der Waals surface area contributed by atoms with Crippen LogP contribution in [0.5, 0.6) is 5.75 Å². The number of hydrogen-bond acceptors (Lipinski definition) is 4. The third-order valence-corrected chi connectivity index (χ3v) is 6.14. The molecule has 0 unspecified atom stereocenters. The molecule has 4 rings (SSSR count). The van der Waals surface area contributed by atoms with Crippen LogP contribution in [0.15, 0.2) is 48.5 Å². The first-order valence-electron chi connectivity index (χ1n) is 10.7. The quantitative estimate of drug-likeness (QED) is 0.715. The molecule has 2 aromatic rings. The lowest BCUT2D eigenvalue weighted by Gasteiger charge is -2.32. The highest BCUT2D eigenvalue weighted by atomic mass is 16.7. The molecule has 0 aromatic heterocycles. The van der Waals surface area contributed by atoms with Gasteiger partial charge in [0, 0.05) is 11.6 Å². The molecule has 1 saturated heterocycles. The summed E-state index contributed by atoms with van der Waals surface area (Å²) < 4.78 is 18.5. The maximum atomic E-state index is 12.5. The summed E-state index contributed by atoms with van der Waals surface area (Å²) in [6, 6.07) is 16.2. The van der Waals surface area contributed by atoms with Gasteiger partial charge in [-0.3, -0.25) is 4.79 Å². The third kappa shape index (κ3) is 4.71. The summed E-state index contributed by atoms with van der Waals surface area (Å²) in [4.78, 5) is 12.5. The van der Waals surface area contributed by atoms with Crippen molar-refractivity contribution in [3.63, 3.8) is 0 Å². The summed E-state index contributed by atoms with van der Waals surface area (Å²) >= 11 is 0. The van der Waals surface area contributed by atoms with Gasteiger partial charge in [0.05, 0.1) is 17.6 Å². The molecular formula is C24H30BNO4. The minimum atomic E-state index is -0.469. The molecule has 30 heavy (non-hydrogen) atoms. The molecule has 0 spiro atoms. The topological polar surface area (TPSA) is 56.8 Å². The second kappa shape index (κ2) is 8.08. The average Bonchev–Trinajstić information content (AvgIpc) is 3.46. The predicted molar refractivity (Wildman–Crippen MR) is 118 cm³/mol. The van der Waals surface area contributed by atoms with E-state index in [1.165, 1.54) is 0 Å². The van der Waals surface area contributed by atoms with Crippen LogP contribution in [-0.2, 0) is 27.1 Å². The van der Waals surface area contributed by atoms with Gasteiger partial charge in [0.25, 0.3) is 0 Å².